The molecule has 0 saturated carbocycles. The molecule has 230 valence electrons. The zero-order valence-corrected chi connectivity index (χ0v) is 27.2. The monoisotopic (exact) mass is 577 g/mol. The van der Waals surface area contributed by atoms with Gasteiger partial charge >= 0.3 is 11.9 Å². The molecular weight excluding hydrogens is 526 g/mol. The van der Waals surface area contributed by atoms with Gasteiger partial charge in [-0.15, -0.1) is 0 Å². The normalized spacial score (nSPS) is 16.3. The van der Waals surface area contributed by atoms with Crippen molar-refractivity contribution in [2.24, 2.45) is 16.8 Å². The molecule has 0 N–H and O–H groups in total. The van der Waals surface area contributed by atoms with E-state index in [-0.39, 0.29) is 6.04 Å². The average Bonchev–Trinajstić information content (AvgIpc) is 2.90. The molecule has 1 fully saturated rings. The maximum atomic E-state index is 13.5. The number of hydrogen-bond donors (Lipinski definition) is 0. The Balaban J connectivity index is 2.10. The summed E-state index contributed by atoms with van der Waals surface area (Å²) in [6, 6.07) is 14.7. The van der Waals surface area contributed by atoms with Crippen LogP contribution in [0.5, 0.6) is 0 Å². The van der Waals surface area contributed by atoms with Gasteiger partial charge in [-0.3, -0.25) is 9.59 Å². The SMILES string of the molecule is CCCCCC(C)N(Cc1ccc(CCC(C)C)cc1)C(=Nc1ccc(N(C)C)cc1C)C1C(=O)OC(C)(C)OC1=O. The Bertz CT molecular complexity index is 1210. The van der Waals surface area contributed by atoms with Crippen LogP contribution in [0.25, 0.3) is 0 Å². The lowest BCUT2D eigenvalue weighted by atomic mass is 9.99. The predicted molar refractivity (Wildman–Crippen MR) is 171 cm³/mol. The van der Waals surface area contributed by atoms with E-state index < -0.39 is 23.6 Å². The number of ether oxygens (including phenoxy) is 2. The number of hydrogen-bond acceptors (Lipinski definition) is 6. The number of aryl methyl sites for hydroxylation is 2. The second kappa shape index (κ2) is 14.7. The van der Waals surface area contributed by atoms with Gasteiger partial charge in [-0.2, -0.15) is 0 Å². The van der Waals surface area contributed by atoms with Crippen LogP contribution < -0.4 is 4.90 Å². The van der Waals surface area contributed by atoms with E-state index >= 15 is 0 Å². The summed E-state index contributed by atoms with van der Waals surface area (Å²) in [6.45, 7) is 14.5. The van der Waals surface area contributed by atoms with Crippen molar-refractivity contribution >= 4 is 29.1 Å². The van der Waals surface area contributed by atoms with Crippen molar-refractivity contribution in [1.29, 1.82) is 0 Å². The summed E-state index contributed by atoms with van der Waals surface area (Å²) in [5.74, 6) is -2.83. The molecule has 0 bridgehead atoms. The maximum Gasteiger partial charge on any atom is 0.331 e. The first-order valence-electron chi connectivity index (χ1n) is 15.5. The fraction of sp³-hybridized carbons (Fsp3) is 0.571. The number of benzene rings is 2. The molecule has 7 nitrogen and oxygen atoms in total. The first-order chi connectivity index (χ1) is 19.8. The first-order valence-corrected chi connectivity index (χ1v) is 15.5. The summed E-state index contributed by atoms with van der Waals surface area (Å²) in [7, 11) is 3.99. The summed E-state index contributed by atoms with van der Waals surface area (Å²) < 4.78 is 11.2. The smallest absolute Gasteiger partial charge is 0.331 e. The second-order valence-electron chi connectivity index (χ2n) is 12.7. The van der Waals surface area contributed by atoms with E-state index in [4.69, 9.17) is 14.5 Å². The van der Waals surface area contributed by atoms with E-state index in [1.54, 1.807) is 13.8 Å². The zero-order chi connectivity index (χ0) is 31.0. The molecule has 0 radical (unpaired) electrons. The molecule has 1 aliphatic rings. The molecule has 1 heterocycles. The molecule has 1 saturated heterocycles. The van der Waals surface area contributed by atoms with Crippen LogP contribution in [-0.2, 0) is 32.0 Å². The Morgan fingerprint density at radius 3 is 2.10 bits per heavy atom. The minimum atomic E-state index is -1.32. The third-order valence-electron chi connectivity index (χ3n) is 7.79. The van der Waals surface area contributed by atoms with Crippen LogP contribution in [0.2, 0.25) is 0 Å². The quantitative estimate of drug-likeness (QED) is 0.0803. The summed E-state index contributed by atoms with van der Waals surface area (Å²) >= 11 is 0. The van der Waals surface area contributed by atoms with E-state index in [0.29, 0.717) is 24.0 Å². The van der Waals surface area contributed by atoms with Gasteiger partial charge in [-0.05, 0) is 73.9 Å². The summed E-state index contributed by atoms with van der Waals surface area (Å²) in [5, 5.41) is 0. The predicted octanol–water partition coefficient (Wildman–Crippen LogP) is 7.60. The Morgan fingerprint density at radius 2 is 1.55 bits per heavy atom. The topological polar surface area (TPSA) is 71.4 Å². The second-order valence-corrected chi connectivity index (χ2v) is 12.7. The van der Waals surface area contributed by atoms with Crippen LogP contribution in [0.3, 0.4) is 0 Å². The number of unbranched alkanes of at least 4 members (excludes halogenated alkanes) is 2. The number of aliphatic imine (C=N–C) groups is 1. The van der Waals surface area contributed by atoms with Gasteiger partial charge in [-0.25, -0.2) is 4.99 Å². The lowest BCUT2D eigenvalue weighted by Crippen LogP contribution is -2.54. The highest BCUT2D eigenvalue weighted by atomic mass is 16.7. The highest BCUT2D eigenvalue weighted by Gasteiger charge is 2.48. The van der Waals surface area contributed by atoms with Crippen molar-refractivity contribution in [1.82, 2.24) is 4.90 Å². The number of nitrogens with zero attached hydrogens (tertiary/aromatic N) is 3. The van der Waals surface area contributed by atoms with Gasteiger partial charge in [0, 0.05) is 46.2 Å². The van der Waals surface area contributed by atoms with Crippen LogP contribution in [-0.4, -0.2) is 48.6 Å². The molecule has 0 aliphatic carbocycles. The van der Waals surface area contributed by atoms with Crippen molar-refractivity contribution in [2.45, 2.75) is 105 Å². The van der Waals surface area contributed by atoms with E-state index in [0.717, 1.165) is 55.3 Å². The van der Waals surface area contributed by atoms with E-state index in [9.17, 15) is 9.59 Å². The number of rotatable bonds is 13. The Kier molecular flexibility index (Phi) is 11.6. The lowest BCUT2D eigenvalue weighted by Gasteiger charge is -2.39. The largest absolute Gasteiger partial charge is 0.422 e. The number of carbonyl (C=O) groups is 2. The minimum absolute atomic E-state index is 0.0211. The molecule has 0 spiro atoms. The van der Waals surface area contributed by atoms with Gasteiger partial charge in [0.2, 0.25) is 5.92 Å². The standard InChI is InChI=1S/C35H51N3O4/c1-10-11-12-13-26(5)38(23-28-18-16-27(17-19-28)15-14-24(2)3)32(31-33(39)41-35(6,7)42-34(31)40)36-30-21-20-29(37(8)9)22-25(30)4/h16-22,24,26,31H,10-15,23H2,1-9H3. The van der Waals surface area contributed by atoms with Gasteiger partial charge < -0.3 is 19.3 Å². The van der Waals surface area contributed by atoms with Crippen LogP contribution >= 0.6 is 0 Å². The van der Waals surface area contributed by atoms with E-state index in [1.165, 1.54) is 5.56 Å². The molecule has 0 amide bonds. The van der Waals surface area contributed by atoms with Crippen molar-refractivity contribution in [3.8, 4) is 0 Å². The molecule has 1 aliphatic heterocycles. The summed E-state index contributed by atoms with van der Waals surface area (Å²) in [4.78, 5) is 36.1. The summed E-state index contributed by atoms with van der Waals surface area (Å²) in [6.07, 6.45) is 6.35. The molecular formula is C35H51N3O4. The van der Waals surface area contributed by atoms with E-state index in [2.05, 4.69) is 62.9 Å². The maximum absolute atomic E-state index is 13.5. The van der Waals surface area contributed by atoms with Crippen molar-refractivity contribution in [2.75, 3.05) is 19.0 Å². The Labute approximate surface area is 253 Å². The Morgan fingerprint density at radius 1 is 0.929 bits per heavy atom. The molecule has 3 rings (SSSR count). The third-order valence-corrected chi connectivity index (χ3v) is 7.79. The van der Waals surface area contributed by atoms with Crippen molar-refractivity contribution in [3.05, 3.63) is 59.2 Å². The van der Waals surface area contributed by atoms with Crippen LogP contribution in [0.15, 0.2) is 47.5 Å². The average molecular weight is 578 g/mol. The van der Waals surface area contributed by atoms with Crippen LogP contribution in [0, 0.1) is 18.8 Å². The van der Waals surface area contributed by atoms with Crippen LogP contribution in [0.1, 0.15) is 90.3 Å². The molecule has 2 aromatic carbocycles. The van der Waals surface area contributed by atoms with Crippen molar-refractivity contribution in [3.63, 3.8) is 0 Å². The fourth-order valence-electron chi connectivity index (χ4n) is 5.16. The van der Waals surface area contributed by atoms with Gasteiger partial charge in [0.15, 0.2) is 0 Å². The number of anilines is 1. The molecule has 1 atom stereocenters. The zero-order valence-electron chi connectivity index (χ0n) is 27.2. The Hall–Kier alpha value is -3.35. The number of amidine groups is 1. The van der Waals surface area contributed by atoms with Crippen LogP contribution in [0.4, 0.5) is 11.4 Å². The fourth-order valence-corrected chi connectivity index (χ4v) is 5.16. The lowest BCUT2D eigenvalue weighted by molar-refractivity contribution is -0.236. The molecule has 1 unspecified atom stereocenters. The number of carbonyl (C=O) groups excluding carboxylic acids is 2. The van der Waals surface area contributed by atoms with Gasteiger partial charge in [0.05, 0.1) is 5.69 Å². The summed E-state index contributed by atoms with van der Waals surface area (Å²) in [5.41, 5.74) is 5.10. The molecule has 7 heteroatoms. The highest BCUT2D eigenvalue weighted by molar-refractivity contribution is 6.17. The number of cyclic esters (lactones) is 2. The van der Waals surface area contributed by atoms with Gasteiger partial charge in [0.25, 0.3) is 5.79 Å². The molecule has 42 heavy (non-hydrogen) atoms. The van der Waals surface area contributed by atoms with Crippen molar-refractivity contribution < 1.29 is 19.1 Å². The van der Waals surface area contributed by atoms with E-state index in [1.807, 2.05) is 38.1 Å². The van der Waals surface area contributed by atoms with Gasteiger partial charge in [0.1, 0.15) is 5.84 Å². The highest BCUT2D eigenvalue weighted by Crippen LogP contribution is 2.31. The number of esters is 2. The molecule has 2 aromatic rings. The minimum Gasteiger partial charge on any atom is -0.422 e. The third kappa shape index (κ3) is 9.07. The van der Waals surface area contributed by atoms with Gasteiger partial charge in [-0.1, -0.05) is 64.3 Å². The first kappa shape index (κ1) is 33.2. The molecule has 0 aromatic heterocycles.